The molecule has 0 saturated heterocycles. The van der Waals surface area contributed by atoms with Gasteiger partial charge in [-0.2, -0.15) is 0 Å². The molecule has 0 heterocycles. The quantitative estimate of drug-likeness (QED) is 0.187. The van der Waals surface area contributed by atoms with Crippen molar-refractivity contribution in [1.82, 2.24) is 0 Å². The third-order valence-electron chi connectivity index (χ3n) is 8.12. The van der Waals surface area contributed by atoms with Gasteiger partial charge in [0.2, 0.25) is 0 Å². The van der Waals surface area contributed by atoms with Crippen molar-refractivity contribution < 1.29 is 5.11 Å². The average molecular weight is 501 g/mol. The molecule has 1 aromatic rings. The van der Waals surface area contributed by atoms with Crippen molar-refractivity contribution in [3.8, 4) is 5.75 Å². The van der Waals surface area contributed by atoms with Gasteiger partial charge in [-0.1, -0.05) is 170 Å². The molecule has 1 rings (SSSR count). The second kappa shape index (κ2) is 17.5. The summed E-state index contributed by atoms with van der Waals surface area (Å²) in [5.41, 5.74) is 3.55. The number of aromatic hydroxyl groups is 1. The van der Waals surface area contributed by atoms with Crippen LogP contribution >= 0.6 is 0 Å². The molecule has 0 fully saturated rings. The van der Waals surface area contributed by atoms with E-state index < -0.39 is 0 Å². The molecule has 0 spiro atoms. The highest BCUT2D eigenvalue weighted by Gasteiger charge is 2.27. The lowest BCUT2D eigenvalue weighted by Gasteiger charge is -2.30. The van der Waals surface area contributed by atoms with Gasteiger partial charge in [-0.3, -0.25) is 0 Å². The van der Waals surface area contributed by atoms with Crippen molar-refractivity contribution in [3.63, 3.8) is 0 Å². The third kappa shape index (κ3) is 13.0. The Bertz CT molecular complexity index is 653. The SMILES string of the molecule is CCCCCCCCCCCCCCCCCCC(CC)c1cc(C(C)(C)C)c(O)c(C(C)(C)C)c1. The fraction of sp³-hybridized carbons (Fsp3) is 0.829. The first-order valence-electron chi connectivity index (χ1n) is 15.9. The van der Waals surface area contributed by atoms with E-state index >= 15 is 0 Å². The normalized spacial score (nSPS) is 13.3. The van der Waals surface area contributed by atoms with Crippen molar-refractivity contribution in [2.75, 3.05) is 0 Å². The molecule has 1 atom stereocenters. The van der Waals surface area contributed by atoms with Crippen LogP contribution in [0.5, 0.6) is 5.75 Å². The topological polar surface area (TPSA) is 20.2 Å². The minimum Gasteiger partial charge on any atom is -0.507 e. The summed E-state index contributed by atoms with van der Waals surface area (Å²) in [6.07, 6.45) is 25.2. The summed E-state index contributed by atoms with van der Waals surface area (Å²) in [6, 6.07) is 4.62. The Morgan fingerprint density at radius 3 is 1.19 bits per heavy atom. The van der Waals surface area contributed by atoms with Crippen molar-refractivity contribution in [3.05, 3.63) is 28.8 Å². The molecule has 0 saturated carbocycles. The Hall–Kier alpha value is -0.980. The zero-order chi connectivity index (χ0) is 27.0. The molecule has 1 aromatic carbocycles. The Kier molecular flexibility index (Phi) is 16.1. The maximum atomic E-state index is 11.1. The van der Waals surface area contributed by atoms with E-state index in [1.807, 2.05) is 0 Å². The van der Waals surface area contributed by atoms with Crippen molar-refractivity contribution >= 4 is 0 Å². The highest BCUT2D eigenvalue weighted by atomic mass is 16.3. The van der Waals surface area contributed by atoms with E-state index in [1.54, 1.807) is 0 Å². The molecular weight excluding hydrogens is 436 g/mol. The van der Waals surface area contributed by atoms with Gasteiger partial charge in [-0.15, -0.1) is 0 Å². The van der Waals surface area contributed by atoms with Crippen molar-refractivity contribution in [1.29, 1.82) is 0 Å². The lowest BCUT2D eigenvalue weighted by molar-refractivity contribution is 0.421. The molecule has 1 N–H and O–H groups in total. The molecule has 1 unspecified atom stereocenters. The number of rotatable bonds is 19. The first kappa shape index (κ1) is 33.0. The van der Waals surface area contributed by atoms with Crippen LogP contribution in [0.15, 0.2) is 12.1 Å². The summed E-state index contributed by atoms with van der Waals surface area (Å²) in [4.78, 5) is 0. The Morgan fingerprint density at radius 1 is 0.556 bits per heavy atom. The highest BCUT2D eigenvalue weighted by Crippen LogP contribution is 2.42. The number of hydrogen-bond donors (Lipinski definition) is 1. The number of unbranched alkanes of at least 4 members (excludes halogenated alkanes) is 15. The second-order valence-electron chi connectivity index (χ2n) is 13.7. The summed E-state index contributed by atoms with van der Waals surface area (Å²) in [5, 5.41) is 11.1. The van der Waals surface area contributed by atoms with Crippen molar-refractivity contribution in [2.24, 2.45) is 0 Å². The Labute approximate surface area is 227 Å². The van der Waals surface area contributed by atoms with Gasteiger partial charge in [0.25, 0.3) is 0 Å². The zero-order valence-electron chi connectivity index (χ0n) is 25.9. The highest BCUT2D eigenvalue weighted by molar-refractivity contribution is 5.50. The van der Waals surface area contributed by atoms with E-state index in [0.29, 0.717) is 11.7 Å². The number of phenolic OH excluding ortho intramolecular Hbond substituents is 1. The molecule has 0 bridgehead atoms. The van der Waals surface area contributed by atoms with Crippen LogP contribution in [0, 0.1) is 0 Å². The van der Waals surface area contributed by atoms with E-state index in [9.17, 15) is 5.11 Å². The molecule has 0 aliphatic carbocycles. The standard InChI is InChI=1S/C35H64O/c1-9-11-12-13-14-15-16-17-18-19-20-21-22-23-24-25-26-29(10-2)30-27-31(34(3,4)5)33(36)32(28-30)35(6,7)8/h27-29,36H,9-26H2,1-8H3. The molecular formula is C35H64O. The molecule has 0 radical (unpaired) electrons. The molecule has 0 amide bonds. The molecule has 1 heteroatoms. The van der Waals surface area contributed by atoms with Crippen LogP contribution in [0.2, 0.25) is 0 Å². The van der Waals surface area contributed by atoms with Gasteiger partial charge in [0.1, 0.15) is 5.75 Å². The molecule has 0 aromatic heterocycles. The average Bonchev–Trinajstić information content (AvgIpc) is 2.80. The van der Waals surface area contributed by atoms with Crippen LogP contribution < -0.4 is 0 Å². The first-order valence-corrected chi connectivity index (χ1v) is 15.9. The minimum atomic E-state index is -0.0490. The molecule has 0 aliphatic rings. The smallest absolute Gasteiger partial charge is 0.123 e. The van der Waals surface area contributed by atoms with Gasteiger partial charge in [0.05, 0.1) is 0 Å². The van der Waals surface area contributed by atoms with Crippen LogP contribution in [-0.4, -0.2) is 5.11 Å². The predicted molar refractivity (Wildman–Crippen MR) is 163 cm³/mol. The van der Waals surface area contributed by atoms with Crippen LogP contribution in [-0.2, 0) is 10.8 Å². The van der Waals surface area contributed by atoms with Gasteiger partial charge in [0, 0.05) is 0 Å². The fourth-order valence-electron chi connectivity index (χ4n) is 5.58. The van der Waals surface area contributed by atoms with E-state index in [-0.39, 0.29) is 10.8 Å². The summed E-state index contributed by atoms with van der Waals surface area (Å²) in [5.74, 6) is 1.11. The molecule has 0 aliphatic heterocycles. The maximum Gasteiger partial charge on any atom is 0.123 e. The largest absolute Gasteiger partial charge is 0.507 e. The van der Waals surface area contributed by atoms with Crippen molar-refractivity contribution in [2.45, 2.75) is 188 Å². The van der Waals surface area contributed by atoms with Gasteiger partial charge in [-0.05, 0) is 46.3 Å². The van der Waals surface area contributed by atoms with Crippen LogP contribution in [0.4, 0.5) is 0 Å². The lowest BCUT2D eigenvalue weighted by Crippen LogP contribution is -2.18. The Balaban J connectivity index is 2.31. The molecule has 210 valence electrons. The second-order valence-corrected chi connectivity index (χ2v) is 13.7. The van der Waals surface area contributed by atoms with Crippen LogP contribution in [0.3, 0.4) is 0 Å². The summed E-state index contributed by atoms with van der Waals surface area (Å²) in [6.45, 7) is 17.9. The summed E-state index contributed by atoms with van der Waals surface area (Å²) < 4.78 is 0. The van der Waals surface area contributed by atoms with Gasteiger partial charge in [0.15, 0.2) is 0 Å². The van der Waals surface area contributed by atoms with E-state index in [4.69, 9.17) is 0 Å². The lowest BCUT2D eigenvalue weighted by atomic mass is 9.76. The van der Waals surface area contributed by atoms with Gasteiger partial charge in [-0.25, -0.2) is 0 Å². The number of benzene rings is 1. The van der Waals surface area contributed by atoms with Gasteiger partial charge >= 0.3 is 0 Å². The Morgan fingerprint density at radius 2 is 0.889 bits per heavy atom. The van der Waals surface area contributed by atoms with Crippen LogP contribution in [0.25, 0.3) is 0 Å². The summed E-state index contributed by atoms with van der Waals surface area (Å²) >= 11 is 0. The van der Waals surface area contributed by atoms with Crippen LogP contribution in [0.1, 0.15) is 194 Å². The summed E-state index contributed by atoms with van der Waals surface area (Å²) in [7, 11) is 0. The monoisotopic (exact) mass is 500 g/mol. The number of phenols is 1. The third-order valence-corrected chi connectivity index (χ3v) is 8.12. The van der Waals surface area contributed by atoms with E-state index in [2.05, 4.69) is 67.5 Å². The minimum absolute atomic E-state index is 0.0490. The molecule has 1 nitrogen and oxygen atoms in total. The predicted octanol–water partition coefficient (Wildman–Crippen LogP) is 12.1. The molecule has 36 heavy (non-hydrogen) atoms. The maximum absolute atomic E-state index is 11.1. The fourth-order valence-corrected chi connectivity index (χ4v) is 5.58. The zero-order valence-corrected chi connectivity index (χ0v) is 25.9. The number of hydrogen-bond acceptors (Lipinski definition) is 1. The first-order chi connectivity index (χ1) is 17.0. The van der Waals surface area contributed by atoms with Gasteiger partial charge < -0.3 is 5.11 Å². The van der Waals surface area contributed by atoms with E-state index in [0.717, 1.165) is 11.1 Å². The van der Waals surface area contributed by atoms with E-state index in [1.165, 1.54) is 121 Å².